The van der Waals surface area contributed by atoms with Crippen molar-refractivity contribution in [3.63, 3.8) is 0 Å². The molecule has 0 fully saturated rings. The molecule has 0 aliphatic carbocycles. The van der Waals surface area contributed by atoms with Crippen molar-refractivity contribution in [2.75, 3.05) is 34.2 Å². The summed E-state index contributed by atoms with van der Waals surface area (Å²) < 4.78 is 0. The summed E-state index contributed by atoms with van der Waals surface area (Å²) in [5.74, 6) is 0.00331. The lowest BCUT2D eigenvalue weighted by Crippen LogP contribution is -2.35. The fourth-order valence-electron chi connectivity index (χ4n) is 1.30. The van der Waals surface area contributed by atoms with E-state index in [0.717, 1.165) is 25.8 Å². The third-order valence-electron chi connectivity index (χ3n) is 2.91. The quantitative estimate of drug-likeness (QED) is 0.299. The molecule has 0 unspecified atom stereocenters. The molecular weight excluding hydrogens is 312 g/mol. The highest BCUT2D eigenvalue weighted by Crippen LogP contribution is 2.06. The van der Waals surface area contributed by atoms with Crippen molar-refractivity contribution < 1.29 is 14.4 Å². The largest absolute Gasteiger partial charge is 0.359 e. The molecular formula is C15H36N6O3. The summed E-state index contributed by atoms with van der Waals surface area (Å²) in [4.78, 5) is 31.2. The number of carbonyl (C=O) groups is 3. The van der Waals surface area contributed by atoms with Gasteiger partial charge in [0.15, 0.2) is 0 Å². The number of carbonyl (C=O) groups excluding carboxylic acids is 3. The van der Waals surface area contributed by atoms with Gasteiger partial charge in [0, 0.05) is 27.1 Å². The Morgan fingerprint density at radius 2 is 1.38 bits per heavy atom. The van der Waals surface area contributed by atoms with E-state index >= 15 is 0 Å². The molecule has 0 bridgehead atoms. The lowest BCUT2D eigenvalue weighted by atomic mass is 10.0. The third-order valence-corrected chi connectivity index (χ3v) is 2.91. The fourth-order valence-corrected chi connectivity index (χ4v) is 1.30. The second-order valence-electron chi connectivity index (χ2n) is 5.08. The molecule has 9 nitrogen and oxygen atoms in total. The molecule has 0 heterocycles. The first kappa shape index (κ1) is 27.2. The summed E-state index contributed by atoms with van der Waals surface area (Å²) in [5, 5.41) is 7.37. The zero-order chi connectivity index (χ0) is 19.5. The van der Waals surface area contributed by atoms with Gasteiger partial charge in [-0.2, -0.15) is 0 Å². The van der Waals surface area contributed by atoms with Gasteiger partial charge in [-0.05, 0) is 26.3 Å². The lowest BCUT2D eigenvalue weighted by Gasteiger charge is -2.08. The molecule has 0 aromatic carbocycles. The standard InChI is InChI=1S/C8H18N2O.C4H10N2O.C3H8N2O/c1-7(8(11)10-2)5-3-4-6-9;1-3(5)4(7)6-2;1-5-3(6)2-4/h7H,3-6,9H2,1-2H3,(H,10,11);3H,5H2,1-2H3,(H,6,7);2,4H2,1H3,(H,5,6)/t7-;3-;/m00./s1. The van der Waals surface area contributed by atoms with Crippen LogP contribution >= 0.6 is 0 Å². The highest BCUT2D eigenvalue weighted by Gasteiger charge is 2.08. The Morgan fingerprint density at radius 3 is 1.58 bits per heavy atom. The van der Waals surface area contributed by atoms with Crippen molar-refractivity contribution >= 4 is 17.7 Å². The second-order valence-corrected chi connectivity index (χ2v) is 5.08. The van der Waals surface area contributed by atoms with Gasteiger partial charge in [0.2, 0.25) is 17.7 Å². The maximum Gasteiger partial charge on any atom is 0.236 e. The molecule has 0 saturated heterocycles. The first-order valence-corrected chi connectivity index (χ1v) is 8.01. The lowest BCUT2D eigenvalue weighted by molar-refractivity contribution is -0.124. The second kappa shape index (κ2) is 19.3. The molecule has 0 aromatic rings. The van der Waals surface area contributed by atoms with E-state index in [2.05, 4.69) is 16.0 Å². The fraction of sp³-hybridized carbons (Fsp3) is 0.800. The minimum Gasteiger partial charge on any atom is -0.359 e. The van der Waals surface area contributed by atoms with Crippen molar-refractivity contribution in [1.82, 2.24) is 16.0 Å². The van der Waals surface area contributed by atoms with Crippen LogP contribution in [0.25, 0.3) is 0 Å². The molecule has 2 atom stereocenters. The van der Waals surface area contributed by atoms with Crippen molar-refractivity contribution in [3.05, 3.63) is 0 Å². The summed E-state index contributed by atoms with van der Waals surface area (Å²) in [5.41, 5.74) is 15.3. The van der Waals surface area contributed by atoms with Crippen LogP contribution in [0, 0.1) is 5.92 Å². The number of hydrogen-bond donors (Lipinski definition) is 6. The minimum atomic E-state index is -0.384. The maximum atomic E-state index is 11.0. The van der Waals surface area contributed by atoms with Gasteiger partial charge < -0.3 is 33.2 Å². The number of hydrogen-bond acceptors (Lipinski definition) is 6. The summed E-state index contributed by atoms with van der Waals surface area (Å²) in [6, 6.07) is -0.384. The third kappa shape index (κ3) is 20.3. The summed E-state index contributed by atoms with van der Waals surface area (Å²) in [7, 11) is 4.78. The van der Waals surface area contributed by atoms with Gasteiger partial charge in [-0.15, -0.1) is 0 Å². The predicted molar refractivity (Wildman–Crippen MR) is 97.0 cm³/mol. The van der Waals surface area contributed by atoms with Gasteiger partial charge in [-0.3, -0.25) is 14.4 Å². The maximum absolute atomic E-state index is 11.0. The van der Waals surface area contributed by atoms with E-state index in [0.29, 0.717) is 0 Å². The number of unbranched alkanes of at least 4 members (excludes halogenated alkanes) is 1. The molecule has 0 spiro atoms. The Balaban J connectivity index is -0.000000294. The highest BCUT2D eigenvalue weighted by atomic mass is 16.2. The highest BCUT2D eigenvalue weighted by molar-refractivity contribution is 5.80. The Labute approximate surface area is 145 Å². The Morgan fingerprint density at radius 1 is 0.875 bits per heavy atom. The topological polar surface area (TPSA) is 165 Å². The number of nitrogens with one attached hydrogen (secondary N) is 3. The van der Waals surface area contributed by atoms with Crippen molar-refractivity contribution in [1.29, 1.82) is 0 Å². The minimum absolute atomic E-state index is 0.0799. The molecule has 144 valence electrons. The van der Waals surface area contributed by atoms with Crippen LogP contribution < -0.4 is 33.2 Å². The van der Waals surface area contributed by atoms with E-state index in [4.69, 9.17) is 17.2 Å². The molecule has 0 aromatic heterocycles. The first-order chi connectivity index (χ1) is 11.2. The van der Waals surface area contributed by atoms with Crippen molar-refractivity contribution in [2.24, 2.45) is 23.1 Å². The van der Waals surface area contributed by atoms with Crippen LogP contribution in [-0.2, 0) is 14.4 Å². The van der Waals surface area contributed by atoms with Crippen LogP contribution in [-0.4, -0.2) is 58.0 Å². The average molecular weight is 348 g/mol. The monoisotopic (exact) mass is 348 g/mol. The van der Waals surface area contributed by atoms with Gasteiger partial charge in [0.05, 0.1) is 12.6 Å². The Bertz CT molecular complexity index is 331. The normalized spacial score (nSPS) is 11.5. The van der Waals surface area contributed by atoms with Crippen LogP contribution in [0.2, 0.25) is 0 Å². The van der Waals surface area contributed by atoms with E-state index in [1.807, 2.05) is 6.92 Å². The van der Waals surface area contributed by atoms with E-state index < -0.39 is 0 Å². The predicted octanol–water partition coefficient (Wildman–Crippen LogP) is -1.73. The number of likely N-dealkylation sites (N-methyl/N-ethyl adjacent to an activating group) is 2. The van der Waals surface area contributed by atoms with Crippen LogP contribution in [0.1, 0.15) is 33.1 Å². The Kier molecular flexibility index (Phi) is 21.9. The van der Waals surface area contributed by atoms with Gasteiger partial charge in [-0.1, -0.05) is 13.3 Å². The molecule has 0 radical (unpaired) electrons. The zero-order valence-corrected chi connectivity index (χ0v) is 15.6. The molecule has 0 saturated carbocycles. The van der Waals surface area contributed by atoms with Crippen molar-refractivity contribution in [3.8, 4) is 0 Å². The van der Waals surface area contributed by atoms with E-state index in [-0.39, 0.29) is 36.2 Å². The SMILES string of the molecule is CNC(=O)CN.CNC(=O)[C@@H](C)CCCCN.CNC(=O)[C@H](C)N. The van der Waals surface area contributed by atoms with Gasteiger partial charge >= 0.3 is 0 Å². The molecule has 9 N–H and O–H groups in total. The van der Waals surface area contributed by atoms with Crippen LogP contribution in [0.5, 0.6) is 0 Å². The number of nitrogens with two attached hydrogens (primary N) is 3. The molecule has 24 heavy (non-hydrogen) atoms. The Hall–Kier alpha value is -1.71. The van der Waals surface area contributed by atoms with Gasteiger partial charge in [0.1, 0.15) is 0 Å². The van der Waals surface area contributed by atoms with Crippen molar-refractivity contribution in [2.45, 2.75) is 39.2 Å². The first-order valence-electron chi connectivity index (χ1n) is 8.01. The van der Waals surface area contributed by atoms with Crippen LogP contribution in [0.15, 0.2) is 0 Å². The molecule has 0 aliphatic heterocycles. The van der Waals surface area contributed by atoms with E-state index in [1.54, 1.807) is 28.1 Å². The summed E-state index contributed by atoms with van der Waals surface area (Å²) in [6.45, 7) is 4.38. The summed E-state index contributed by atoms with van der Waals surface area (Å²) in [6.07, 6.45) is 3.00. The van der Waals surface area contributed by atoms with E-state index in [9.17, 15) is 14.4 Å². The zero-order valence-electron chi connectivity index (χ0n) is 15.6. The average Bonchev–Trinajstić information content (AvgIpc) is 2.60. The molecule has 9 heteroatoms. The number of amides is 3. The van der Waals surface area contributed by atoms with Gasteiger partial charge in [-0.25, -0.2) is 0 Å². The van der Waals surface area contributed by atoms with Crippen LogP contribution in [0.3, 0.4) is 0 Å². The summed E-state index contributed by atoms with van der Waals surface area (Å²) >= 11 is 0. The van der Waals surface area contributed by atoms with E-state index in [1.165, 1.54) is 0 Å². The number of rotatable bonds is 7. The molecule has 0 aliphatic rings. The molecule has 0 rings (SSSR count). The van der Waals surface area contributed by atoms with Gasteiger partial charge in [0.25, 0.3) is 0 Å². The smallest absolute Gasteiger partial charge is 0.236 e. The molecule has 3 amide bonds. The van der Waals surface area contributed by atoms with Crippen LogP contribution in [0.4, 0.5) is 0 Å².